The molecular formula is C46H50Cl2N5O11P. The normalized spacial score (nSPS) is 17.2. The summed E-state index contributed by atoms with van der Waals surface area (Å²) in [5, 5.41) is 2.83. The average molecular weight is 951 g/mol. The van der Waals surface area contributed by atoms with Crippen LogP contribution in [0.2, 0.25) is 0 Å². The number of imide groups is 1. The molecule has 7 rings (SSSR count). The molecule has 0 saturated heterocycles. The second kappa shape index (κ2) is 20.3. The Labute approximate surface area is 385 Å². The maximum atomic E-state index is 14.3. The van der Waals surface area contributed by atoms with Crippen LogP contribution in [0.3, 0.4) is 0 Å². The fourth-order valence-corrected chi connectivity index (χ4v) is 10.2. The van der Waals surface area contributed by atoms with Gasteiger partial charge < -0.3 is 29.7 Å². The van der Waals surface area contributed by atoms with Gasteiger partial charge in [0.05, 0.1) is 18.3 Å². The summed E-state index contributed by atoms with van der Waals surface area (Å²) in [6.07, 6.45) is 3.74. The van der Waals surface area contributed by atoms with Gasteiger partial charge in [-0.2, -0.15) is 0 Å². The molecular weight excluding hydrogens is 900 g/mol. The van der Waals surface area contributed by atoms with E-state index in [0.717, 1.165) is 27.5 Å². The molecule has 0 bridgehead atoms. The van der Waals surface area contributed by atoms with Gasteiger partial charge in [-0.15, -0.1) is 23.2 Å². The topological polar surface area (TPSA) is 217 Å². The number of phosphoric ester groups is 1. The number of nitrogens with two attached hydrogens (primary N) is 1. The summed E-state index contributed by atoms with van der Waals surface area (Å²) in [6.45, 7) is 0.709. The first-order valence-corrected chi connectivity index (χ1v) is 24.0. The minimum atomic E-state index is -4.94. The number of amides is 6. The molecule has 0 radical (unpaired) electrons. The fraction of sp³-hybridized carbons (Fsp3) is 0.391. The van der Waals surface area contributed by atoms with Gasteiger partial charge in [-0.05, 0) is 58.2 Å². The maximum absolute atomic E-state index is 14.3. The Morgan fingerprint density at radius 3 is 1.88 bits per heavy atom. The summed E-state index contributed by atoms with van der Waals surface area (Å²) in [5.74, 6) is -1.53. The number of unbranched alkanes of at least 4 members (excludes halogenated alkanes) is 2. The third kappa shape index (κ3) is 10.3. The van der Waals surface area contributed by atoms with E-state index in [2.05, 4.69) is 0 Å². The van der Waals surface area contributed by atoms with Gasteiger partial charge in [-0.3, -0.25) is 38.7 Å². The molecule has 6 amide bonds. The van der Waals surface area contributed by atoms with Crippen molar-refractivity contribution in [3.8, 4) is 5.75 Å². The van der Waals surface area contributed by atoms with Crippen molar-refractivity contribution < 1.29 is 52.4 Å². The summed E-state index contributed by atoms with van der Waals surface area (Å²) in [6, 6.07) is 17.4. The van der Waals surface area contributed by atoms with Gasteiger partial charge >= 0.3 is 13.9 Å². The number of phosphoric acid groups is 1. The van der Waals surface area contributed by atoms with E-state index in [-0.39, 0.29) is 111 Å². The number of anilines is 2. The van der Waals surface area contributed by atoms with E-state index in [1.54, 1.807) is 41.1 Å². The van der Waals surface area contributed by atoms with Crippen LogP contribution in [0.25, 0.3) is 21.5 Å². The Balaban J connectivity index is 1.09. The van der Waals surface area contributed by atoms with Crippen LogP contribution in [0.1, 0.15) is 85.9 Å². The molecule has 4 aromatic rings. The van der Waals surface area contributed by atoms with E-state index in [1.807, 2.05) is 30.3 Å². The molecule has 344 valence electrons. The first-order valence-electron chi connectivity index (χ1n) is 21.4. The molecule has 0 saturated carbocycles. The smallest absolute Gasteiger partial charge is 0.450 e. The molecule has 0 fully saturated rings. The minimum Gasteiger partial charge on any atom is -0.450 e. The lowest BCUT2D eigenvalue weighted by Gasteiger charge is -2.31. The van der Waals surface area contributed by atoms with Crippen molar-refractivity contribution in [3.05, 3.63) is 89.5 Å². The van der Waals surface area contributed by atoms with Crippen molar-refractivity contribution in [2.75, 3.05) is 54.8 Å². The second-order valence-corrected chi connectivity index (χ2v) is 18.2. The number of ether oxygens (including phenoxy) is 1. The summed E-state index contributed by atoms with van der Waals surface area (Å²) >= 11 is 13.0. The molecule has 4 N–H and O–H groups in total. The molecule has 3 atom stereocenters. The Morgan fingerprint density at radius 2 is 1.32 bits per heavy atom. The van der Waals surface area contributed by atoms with Gasteiger partial charge in [-0.1, -0.05) is 55.0 Å². The van der Waals surface area contributed by atoms with Crippen molar-refractivity contribution >= 4 is 99.6 Å². The van der Waals surface area contributed by atoms with E-state index >= 15 is 0 Å². The molecule has 0 spiro atoms. The first-order chi connectivity index (χ1) is 31.1. The van der Waals surface area contributed by atoms with Crippen molar-refractivity contribution in [1.29, 1.82) is 0 Å². The zero-order valence-electron chi connectivity index (χ0n) is 35.7. The first kappa shape index (κ1) is 47.5. The highest BCUT2D eigenvalue weighted by Gasteiger charge is 2.38. The number of carbonyl (C=O) groups excluding carboxylic acids is 6. The summed E-state index contributed by atoms with van der Waals surface area (Å²) < 4.78 is 22.2. The van der Waals surface area contributed by atoms with E-state index in [9.17, 15) is 43.1 Å². The molecule has 65 heavy (non-hydrogen) atoms. The molecule has 16 nitrogen and oxygen atoms in total. The van der Waals surface area contributed by atoms with E-state index in [0.29, 0.717) is 48.0 Å². The van der Waals surface area contributed by atoms with Crippen LogP contribution in [0.4, 0.5) is 16.2 Å². The van der Waals surface area contributed by atoms with Crippen LogP contribution in [-0.4, -0.2) is 100 Å². The molecule has 0 aliphatic carbocycles. The number of nitrogens with zero attached hydrogens (tertiary/aromatic N) is 4. The van der Waals surface area contributed by atoms with Crippen LogP contribution in [0.5, 0.6) is 5.75 Å². The summed E-state index contributed by atoms with van der Waals surface area (Å²) in [5.41, 5.74) is 8.78. The lowest BCUT2D eigenvalue weighted by molar-refractivity contribution is -0.137. The fourth-order valence-electron chi connectivity index (χ4n) is 9.30. The zero-order valence-corrected chi connectivity index (χ0v) is 38.1. The number of rotatable bonds is 19. The number of primary amides is 1. The van der Waals surface area contributed by atoms with Gasteiger partial charge in [0.25, 0.3) is 11.8 Å². The average Bonchev–Trinajstić information content (AvgIpc) is 3.96. The summed E-state index contributed by atoms with van der Waals surface area (Å²) in [7, 11) is -3.27. The van der Waals surface area contributed by atoms with Gasteiger partial charge in [0.15, 0.2) is 0 Å². The van der Waals surface area contributed by atoms with E-state index in [4.69, 9.17) is 38.2 Å². The number of hydrogen-bond donors (Lipinski definition) is 3. The Bertz CT molecular complexity index is 2600. The predicted octanol–water partition coefficient (Wildman–Crippen LogP) is 7.14. The maximum Gasteiger partial charge on any atom is 0.524 e. The van der Waals surface area contributed by atoms with Crippen LogP contribution in [0, 0.1) is 0 Å². The van der Waals surface area contributed by atoms with Crippen LogP contribution in [-0.2, 0) is 33.3 Å². The molecule has 3 aliphatic heterocycles. The Hall–Kier alpha value is -5.51. The predicted molar refractivity (Wildman–Crippen MR) is 246 cm³/mol. The molecule has 19 heteroatoms. The molecule has 1 unspecified atom stereocenters. The standard InChI is InChI=1S/C46H50Cl2N5O11P/c1-50(39(54)14-3-2-8-20-51-42(57)17-18-43(51)58)35(19-21-63-46(49)59)34-22-36-44(32-12-6-4-10-30(32)34)28(24-47)26-52(36)40(55)15-9-16-41(56)53-27-29(25-48)45-33-13-7-5-11-31(33)38(23-37(45)53)64-65(60,61)62/h4-7,10-13,17-18,22-23,28-29,35H,2-3,8-9,14-16,19-21,24-27H2,1H3,(H2,49,59)(H2,60,61,62)/t28?,29-,35+/m1/s1. The highest BCUT2D eigenvalue weighted by Crippen LogP contribution is 2.50. The van der Waals surface area contributed by atoms with Crippen LogP contribution >= 0.6 is 31.0 Å². The van der Waals surface area contributed by atoms with E-state index in [1.165, 1.54) is 28.0 Å². The Morgan fingerprint density at radius 1 is 0.785 bits per heavy atom. The summed E-state index contributed by atoms with van der Waals surface area (Å²) in [4.78, 5) is 103. The third-order valence-electron chi connectivity index (χ3n) is 12.3. The van der Waals surface area contributed by atoms with Crippen molar-refractivity contribution in [3.63, 3.8) is 0 Å². The SMILES string of the molecule is CN(C(=O)CCCCCN1C(=O)C=CC1=O)[C@@H](CCOC(N)=O)c1cc2c(c3ccccc13)C(CCl)CN2C(=O)CCCC(=O)N1C[C@@H](CCl)c2c1cc(OP(=O)(O)O)c1ccccc21. The highest BCUT2D eigenvalue weighted by atomic mass is 35.5. The minimum absolute atomic E-state index is 0.00907. The highest BCUT2D eigenvalue weighted by molar-refractivity contribution is 7.46. The monoisotopic (exact) mass is 949 g/mol. The number of alkyl halides is 2. The Kier molecular flexibility index (Phi) is 14.8. The van der Waals surface area contributed by atoms with Gasteiger partial charge in [0.2, 0.25) is 17.7 Å². The number of carbonyl (C=O) groups is 6. The molecule has 3 heterocycles. The van der Waals surface area contributed by atoms with E-state index < -0.39 is 20.0 Å². The van der Waals surface area contributed by atoms with Gasteiger partial charge in [-0.25, -0.2) is 9.36 Å². The second-order valence-electron chi connectivity index (χ2n) is 16.4. The largest absolute Gasteiger partial charge is 0.524 e. The van der Waals surface area contributed by atoms with Gasteiger partial charge in [0.1, 0.15) is 5.75 Å². The number of halogens is 2. The molecule has 0 aromatic heterocycles. The quantitative estimate of drug-likeness (QED) is 0.0371. The third-order valence-corrected chi connectivity index (χ3v) is 13.5. The van der Waals surface area contributed by atoms with Gasteiger partial charge in [0, 0.05) is 105 Å². The van der Waals surface area contributed by atoms with Crippen molar-refractivity contribution in [2.24, 2.45) is 5.73 Å². The number of hydrogen-bond acceptors (Lipinski definition) is 9. The zero-order chi connectivity index (χ0) is 46.6. The number of fused-ring (bicyclic) bond motifs is 6. The van der Waals surface area contributed by atoms with Crippen LogP contribution < -0.4 is 20.1 Å². The van der Waals surface area contributed by atoms with Crippen LogP contribution in [0.15, 0.2) is 72.8 Å². The molecule has 4 aromatic carbocycles. The van der Waals surface area contributed by atoms with Crippen molar-refractivity contribution in [2.45, 2.75) is 69.2 Å². The molecule has 3 aliphatic rings. The number of benzene rings is 4. The lowest BCUT2D eigenvalue weighted by Crippen LogP contribution is -2.33. The van der Waals surface area contributed by atoms with Crippen molar-refractivity contribution in [1.82, 2.24) is 9.80 Å². The lowest BCUT2D eigenvalue weighted by atomic mass is 9.89.